The van der Waals surface area contributed by atoms with Crippen LogP contribution in [0.25, 0.3) is 44.2 Å². The van der Waals surface area contributed by atoms with Crippen LogP contribution in [0.15, 0.2) is 101 Å². The molecule has 2 unspecified atom stereocenters. The Labute approximate surface area is 356 Å². The average Bonchev–Trinajstić information content (AvgIpc) is 3.80. The molecule has 0 radical (unpaired) electrons. The third kappa shape index (κ3) is 4.58. The minimum Gasteiger partial charge on any atom is -0.456 e. The van der Waals surface area contributed by atoms with Crippen LogP contribution in [0.3, 0.4) is 0 Å². The summed E-state index contributed by atoms with van der Waals surface area (Å²) in [5, 5.41) is 2.38. The summed E-state index contributed by atoms with van der Waals surface area (Å²) in [5.41, 5.74) is 24.6. The summed E-state index contributed by atoms with van der Waals surface area (Å²) < 4.78 is 6.78. The maximum absolute atomic E-state index is 6.78. The lowest BCUT2D eigenvalue weighted by Crippen LogP contribution is -2.65. The maximum atomic E-state index is 6.78. The molecule has 4 heteroatoms. The van der Waals surface area contributed by atoms with Crippen LogP contribution in [-0.4, -0.2) is 12.4 Å². The third-order valence-electron chi connectivity index (χ3n) is 16.4. The molecule has 0 amide bonds. The number of nitrogens with zero attached hydrogens (tertiary/aromatic N) is 2. The van der Waals surface area contributed by atoms with Crippen molar-refractivity contribution in [2.75, 3.05) is 9.71 Å². The number of rotatable bonds is 7. The molecule has 300 valence electrons. The Morgan fingerprint density at radius 2 is 1.40 bits per heavy atom. The van der Waals surface area contributed by atoms with Crippen LogP contribution >= 0.6 is 0 Å². The largest absolute Gasteiger partial charge is 0.456 e. The van der Waals surface area contributed by atoms with E-state index in [0.717, 1.165) is 24.0 Å². The Morgan fingerprint density at radius 1 is 0.633 bits per heavy atom. The first kappa shape index (κ1) is 36.6. The fourth-order valence-electron chi connectivity index (χ4n) is 13.1. The molecule has 6 aromatic carbocycles. The van der Waals surface area contributed by atoms with Gasteiger partial charge >= 0.3 is 6.85 Å². The molecule has 4 heterocycles. The number of anilines is 4. The van der Waals surface area contributed by atoms with E-state index in [9.17, 15) is 0 Å². The summed E-state index contributed by atoms with van der Waals surface area (Å²) in [4.78, 5) is 5.75. The van der Waals surface area contributed by atoms with E-state index in [1.807, 2.05) is 0 Å². The average molecular weight is 785 g/mol. The molecule has 7 aromatic rings. The smallest absolute Gasteiger partial charge is 0.333 e. The van der Waals surface area contributed by atoms with Crippen molar-refractivity contribution in [3.05, 3.63) is 130 Å². The van der Waals surface area contributed by atoms with Gasteiger partial charge in [0.25, 0.3) is 0 Å². The topological polar surface area (TPSA) is 19.6 Å². The van der Waals surface area contributed by atoms with Gasteiger partial charge in [-0.05, 0) is 132 Å². The van der Waals surface area contributed by atoms with Crippen molar-refractivity contribution in [2.24, 2.45) is 0 Å². The fourth-order valence-corrected chi connectivity index (χ4v) is 13.1. The molecule has 3 nitrogen and oxygen atoms in total. The van der Waals surface area contributed by atoms with Crippen molar-refractivity contribution in [3.8, 4) is 22.3 Å². The van der Waals surface area contributed by atoms with E-state index in [0.29, 0.717) is 0 Å². The molecule has 5 aliphatic rings. The molecule has 0 N–H and O–H groups in total. The van der Waals surface area contributed by atoms with Gasteiger partial charge in [0.1, 0.15) is 11.2 Å². The Kier molecular flexibility index (Phi) is 7.73. The summed E-state index contributed by atoms with van der Waals surface area (Å²) in [7, 11) is 0. The first-order valence-corrected chi connectivity index (χ1v) is 23.2. The van der Waals surface area contributed by atoms with Crippen LogP contribution in [0.5, 0.6) is 0 Å². The number of furan rings is 1. The number of unbranched alkanes of at least 4 members (excludes halogenated alkanes) is 2. The standard InChI is InChI=1S/C56H57BN2O/c1-8-10-18-35-24-25-46(34(3)28-35)59-47-33-49-40(37-20-13-15-23-48(37)60-49)31-39(47)41-32-43-50(38-21-12-14-22-42(38)54(43,4)5)53-51(41)57(59)45-30-36(19-11-9-2)29-44-52(45)58(53)56(7)27-17-16-26-55(44,56)6/h12-15,20-25,28-33H,8-11,16-19,26-27H2,1-7H3. The molecular formula is C56H57BN2O. The van der Waals surface area contributed by atoms with Gasteiger partial charge in [-0.2, -0.15) is 0 Å². The van der Waals surface area contributed by atoms with Crippen molar-refractivity contribution in [3.63, 3.8) is 0 Å². The van der Waals surface area contributed by atoms with Gasteiger partial charge < -0.3 is 14.1 Å². The molecule has 60 heavy (non-hydrogen) atoms. The van der Waals surface area contributed by atoms with Crippen LogP contribution in [-0.2, 0) is 23.7 Å². The van der Waals surface area contributed by atoms with Crippen molar-refractivity contribution >= 4 is 62.5 Å². The van der Waals surface area contributed by atoms with Crippen molar-refractivity contribution in [1.29, 1.82) is 0 Å². The minimum atomic E-state index is -0.148. The van der Waals surface area contributed by atoms with Gasteiger partial charge in [-0.1, -0.05) is 127 Å². The zero-order valence-electron chi connectivity index (χ0n) is 36.7. The van der Waals surface area contributed by atoms with E-state index in [1.54, 1.807) is 5.56 Å². The van der Waals surface area contributed by atoms with Crippen LogP contribution in [0.4, 0.5) is 22.7 Å². The van der Waals surface area contributed by atoms with E-state index in [-0.39, 0.29) is 23.2 Å². The lowest BCUT2D eigenvalue weighted by atomic mass is 9.42. The predicted molar refractivity (Wildman–Crippen MR) is 255 cm³/mol. The minimum absolute atomic E-state index is 0.00961. The van der Waals surface area contributed by atoms with Gasteiger partial charge in [0.15, 0.2) is 0 Å². The Bertz CT molecular complexity index is 2970. The van der Waals surface area contributed by atoms with Gasteiger partial charge in [0.05, 0.1) is 5.54 Å². The van der Waals surface area contributed by atoms with Crippen molar-refractivity contribution < 1.29 is 4.42 Å². The Balaban J connectivity index is 1.26. The SMILES string of the molecule is CCCCc1ccc(N2B3c4cc(CCCC)cc5c4N(c4c3c(cc3c4-c4ccccc4C3(C)C)-c3cc4c(cc32)oc2ccccc24)C2(C)CCCCC52C)c(C)c1. The van der Waals surface area contributed by atoms with Crippen LogP contribution in [0.2, 0.25) is 0 Å². The van der Waals surface area contributed by atoms with E-state index >= 15 is 0 Å². The third-order valence-corrected chi connectivity index (χ3v) is 16.4. The molecule has 12 rings (SSSR count). The van der Waals surface area contributed by atoms with Gasteiger partial charge in [0, 0.05) is 61.5 Å². The van der Waals surface area contributed by atoms with Crippen molar-refractivity contribution in [2.45, 2.75) is 129 Å². The fraction of sp³-hybridized carbons (Fsp3) is 0.357. The lowest BCUT2D eigenvalue weighted by molar-refractivity contribution is 0.195. The zero-order valence-corrected chi connectivity index (χ0v) is 36.7. The number of benzene rings is 6. The molecule has 2 atom stereocenters. The first-order chi connectivity index (χ1) is 29.1. The van der Waals surface area contributed by atoms with Gasteiger partial charge in [0.2, 0.25) is 0 Å². The Hall–Kier alpha value is -5.22. The van der Waals surface area contributed by atoms with Crippen LogP contribution < -0.4 is 20.6 Å². The highest BCUT2D eigenvalue weighted by molar-refractivity contribution is 6.94. The normalized spacial score (nSPS) is 21.2. The highest BCUT2D eigenvalue weighted by Crippen LogP contribution is 2.65. The second-order valence-corrected chi connectivity index (χ2v) is 20.1. The van der Waals surface area contributed by atoms with E-state index in [4.69, 9.17) is 4.42 Å². The molecular weight excluding hydrogens is 727 g/mol. The molecule has 1 fully saturated rings. The number of aryl methyl sites for hydroxylation is 3. The summed E-state index contributed by atoms with van der Waals surface area (Å²) in [6.07, 6.45) is 12.0. The quantitative estimate of drug-likeness (QED) is 0.150. The highest BCUT2D eigenvalue weighted by atomic mass is 16.3. The van der Waals surface area contributed by atoms with Gasteiger partial charge in [-0.25, -0.2) is 0 Å². The predicted octanol–water partition coefficient (Wildman–Crippen LogP) is 13.9. The molecule has 0 spiro atoms. The Morgan fingerprint density at radius 3 is 2.22 bits per heavy atom. The number of fused-ring (bicyclic) bond motifs is 14. The second kappa shape index (κ2) is 12.7. The lowest BCUT2D eigenvalue weighted by Gasteiger charge is -2.53. The molecule has 0 bridgehead atoms. The summed E-state index contributed by atoms with van der Waals surface area (Å²) in [5.74, 6) is 0. The van der Waals surface area contributed by atoms with Crippen LogP contribution in [0.1, 0.15) is 126 Å². The van der Waals surface area contributed by atoms with Gasteiger partial charge in [-0.3, -0.25) is 0 Å². The van der Waals surface area contributed by atoms with E-state index in [2.05, 4.69) is 155 Å². The molecule has 2 aliphatic carbocycles. The van der Waals surface area contributed by atoms with Crippen molar-refractivity contribution in [1.82, 2.24) is 0 Å². The molecule has 1 aromatic heterocycles. The van der Waals surface area contributed by atoms with E-state index < -0.39 is 0 Å². The summed E-state index contributed by atoms with van der Waals surface area (Å²) in [6, 6.07) is 38.2. The molecule has 0 saturated heterocycles. The first-order valence-electron chi connectivity index (χ1n) is 23.2. The van der Waals surface area contributed by atoms with Gasteiger partial charge in [-0.15, -0.1) is 0 Å². The maximum Gasteiger partial charge on any atom is 0.333 e. The highest BCUT2D eigenvalue weighted by Gasteiger charge is 2.63. The van der Waals surface area contributed by atoms with Crippen LogP contribution in [0, 0.1) is 6.92 Å². The number of hydrogen-bond donors (Lipinski definition) is 0. The summed E-state index contributed by atoms with van der Waals surface area (Å²) >= 11 is 0. The monoisotopic (exact) mass is 784 g/mol. The molecule has 3 aliphatic heterocycles. The zero-order chi connectivity index (χ0) is 40.9. The molecule has 1 saturated carbocycles. The number of para-hydroxylation sites is 1. The summed E-state index contributed by atoms with van der Waals surface area (Å²) in [6.45, 7) is 17.2. The second-order valence-electron chi connectivity index (χ2n) is 20.1. The number of hydrogen-bond acceptors (Lipinski definition) is 3. The van der Waals surface area contributed by atoms with E-state index in [1.165, 1.54) is 146 Å².